The van der Waals surface area contributed by atoms with Gasteiger partial charge in [0.25, 0.3) is 5.91 Å². The number of hydrogen-bond acceptors (Lipinski definition) is 3. The molecule has 1 N–H and O–H groups in total. The molecule has 0 aliphatic carbocycles. The molecule has 0 atom stereocenters. The van der Waals surface area contributed by atoms with Gasteiger partial charge in [0.2, 0.25) is 5.91 Å². The Hall–Kier alpha value is -3.12. The van der Waals surface area contributed by atoms with Gasteiger partial charge in [-0.3, -0.25) is 9.59 Å². The third-order valence-electron chi connectivity index (χ3n) is 4.61. The van der Waals surface area contributed by atoms with E-state index in [0.717, 1.165) is 11.1 Å². The summed E-state index contributed by atoms with van der Waals surface area (Å²) in [5, 5.41) is 7.61. The van der Waals surface area contributed by atoms with Crippen molar-refractivity contribution in [2.45, 2.75) is 26.9 Å². The van der Waals surface area contributed by atoms with Crippen LogP contribution in [0.3, 0.4) is 0 Å². The van der Waals surface area contributed by atoms with Crippen LogP contribution in [-0.4, -0.2) is 33.5 Å². The molecule has 0 bridgehead atoms. The van der Waals surface area contributed by atoms with Crippen LogP contribution in [0.25, 0.3) is 0 Å². The minimum atomic E-state index is -0.316. The summed E-state index contributed by atoms with van der Waals surface area (Å²) in [5.74, 6) is -0.337. The monoisotopic (exact) mass is 410 g/mol. The number of nitrogens with one attached hydrogen (secondary N) is 1. The lowest BCUT2D eigenvalue weighted by Gasteiger charge is -2.15. The van der Waals surface area contributed by atoms with E-state index in [2.05, 4.69) is 10.4 Å². The van der Waals surface area contributed by atoms with E-state index in [1.165, 1.54) is 6.92 Å². The van der Waals surface area contributed by atoms with E-state index >= 15 is 0 Å². The fraction of sp³-hybridized carbons (Fsp3) is 0.227. The van der Waals surface area contributed by atoms with E-state index in [-0.39, 0.29) is 11.8 Å². The van der Waals surface area contributed by atoms with Crippen LogP contribution in [-0.2, 0) is 17.9 Å². The minimum absolute atomic E-state index is 0.0207. The number of amides is 2. The summed E-state index contributed by atoms with van der Waals surface area (Å²) in [4.78, 5) is 25.9. The maximum atomic E-state index is 12.8. The Morgan fingerprint density at radius 2 is 1.79 bits per heavy atom. The molecule has 0 aliphatic rings. The topological polar surface area (TPSA) is 67.2 Å². The number of benzene rings is 2. The lowest BCUT2D eigenvalue weighted by Crippen LogP contribution is -2.23. The fourth-order valence-electron chi connectivity index (χ4n) is 3.00. The number of carbonyl (C=O) groups is 2. The summed E-state index contributed by atoms with van der Waals surface area (Å²) in [7, 11) is 1.73. The van der Waals surface area contributed by atoms with Crippen molar-refractivity contribution >= 4 is 29.1 Å². The van der Waals surface area contributed by atoms with Crippen molar-refractivity contribution in [1.82, 2.24) is 14.7 Å². The molecule has 2 amide bonds. The van der Waals surface area contributed by atoms with Gasteiger partial charge in [-0.1, -0.05) is 54.1 Å². The number of aryl methyl sites for hydroxylation is 1. The largest absolute Gasteiger partial charge is 0.342 e. The lowest BCUT2D eigenvalue weighted by molar-refractivity contribution is -0.128. The highest BCUT2D eigenvalue weighted by Gasteiger charge is 2.20. The molecule has 0 radical (unpaired) electrons. The molecular formula is C22H23ClN4O2. The van der Waals surface area contributed by atoms with Crippen LogP contribution in [0.4, 0.5) is 5.69 Å². The van der Waals surface area contributed by atoms with Crippen molar-refractivity contribution in [2.75, 3.05) is 12.4 Å². The highest BCUT2D eigenvalue weighted by Crippen LogP contribution is 2.23. The summed E-state index contributed by atoms with van der Waals surface area (Å²) in [5.41, 5.74) is 3.52. The van der Waals surface area contributed by atoms with Crippen LogP contribution in [0.2, 0.25) is 5.15 Å². The maximum absolute atomic E-state index is 12.8. The Morgan fingerprint density at radius 1 is 1.10 bits per heavy atom. The van der Waals surface area contributed by atoms with Crippen molar-refractivity contribution in [3.05, 3.63) is 82.1 Å². The van der Waals surface area contributed by atoms with Crippen molar-refractivity contribution in [3.63, 3.8) is 0 Å². The molecule has 7 heteroatoms. The summed E-state index contributed by atoms with van der Waals surface area (Å²) in [6.07, 6.45) is 0. The summed E-state index contributed by atoms with van der Waals surface area (Å²) >= 11 is 6.47. The summed E-state index contributed by atoms with van der Waals surface area (Å²) in [6.45, 7) is 4.23. The van der Waals surface area contributed by atoms with Crippen molar-refractivity contribution in [1.29, 1.82) is 0 Å². The predicted molar refractivity (Wildman–Crippen MR) is 114 cm³/mol. The molecule has 3 rings (SSSR count). The fourth-order valence-corrected chi connectivity index (χ4v) is 3.32. The number of halogens is 1. The molecular weight excluding hydrogens is 388 g/mol. The Labute approximate surface area is 175 Å². The van der Waals surface area contributed by atoms with Gasteiger partial charge in [0.1, 0.15) is 5.15 Å². The third kappa shape index (κ3) is 5.03. The van der Waals surface area contributed by atoms with E-state index in [1.807, 2.05) is 48.5 Å². The molecule has 0 unspecified atom stereocenters. The Balaban J connectivity index is 1.77. The molecule has 29 heavy (non-hydrogen) atoms. The molecule has 1 heterocycles. The molecule has 6 nitrogen and oxygen atoms in total. The average Bonchev–Trinajstić information content (AvgIpc) is 2.96. The second kappa shape index (κ2) is 8.92. The predicted octanol–water partition coefficient (Wildman–Crippen LogP) is 4.12. The number of nitrogens with zero attached hydrogens (tertiary/aromatic N) is 3. The molecule has 2 aromatic carbocycles. The Bertz CT molecular complexity index is 1030. The van der Waals surface area contributed by atoms with Crippen molar-refractivity contribution < 1.29 is 9.59 Å². The van der Waals surface area contributed by atoms with Gasteiger partial charge < -0.3 is 10.2 Å². The molecule has 0 saturated heterocycles. The van der Waals surface area contributed by atoms with Gasteiger partial charge in [-0.2, -0.15) is 5.10 Å². The van der Waals surface area contributed by atoms with Gasteiger partial charge in [0.05, 0.1) is 17.8 Å². The number of hydrogen-bond donors (Lipinski definition) is 1. The van der Waals surface area contributed by atoms with Crippen LogP contribution in [0.5, 0.6) is 0 Å². The number of carbonyl (C=O) groups excluding carboxylic acids is 2. The first-order chi connectivity index (χ1) is 13.8. The van der Waals surface area contributed by atoms with Gasteiger partial charge in [0, 0.05) is 26.2 Å². The molecule has 3 aromatic rings. The number of aromatic nitrogens is 2. The van der Waals surface area contributed by atoms with E-state index < -0.39 is 0 Å². The molecule has 1 aromatic heterocycles. The molecule has 0 aliphatic heterocycles. The zero-order valence-corrected chi connectivity index (χ0v) is 17.4. The number of rotatable bonds is 6. The first-order valence-corrected chi connectivity index (χ1v) is 9.61. The van der Waals surface area contributed by atoms with Gasteiger partial charge in [-0.05, 0) is 30.2 Å². The minimum Gasteiger partial charge on any atom is -0.342 e. The van der Waals surface area contributed by atoms with Crippen molar-refractivity contribution in [2.24, 2.45) is 0 Å². The Kier molecular flexibility index (Phi) is 6.34. The van der Waals surface area contributed by atoms with Crippen molar-refractivity contribution in [3.8, 4) is 0 Å². The van der Waals surface area contributed by atoms with E-state index in [4.69, 9.17) is 11.6 Å². The zero-order valence-electron chi connectivity index (χ0n) is 16.6. The quantitative estimate of drug-likeness (QED) is 0.664. The lowest BCUT2D eigenvalue weighted by atomic mass is 10.1. The van der Waals surface area contributed by atoms with Crippen LogP contribution >= 0.6 is 11.6 Å². The maximum Gasteiger partial charge on any atom is 0.260 e. The Morgan fingerprint density at radius 3 is 2.48 bits per heavy atom. The summed E-state index contributed by atoms with van der Waals surface area (Å²) < 4.78 is 1.62. The van der Waals surface area contributed by atoms with Crippen LogP contribution in [0, 0.1) is 6.92 Å². The van der Waals surface area contributed by atoms with E-state index in [9.17, 15) is 9.59 Å². The third-order valence-corrected chi connectivity index (χ3v) is 4.99. The van der Waals surface area contributed by atoms with E-state index in [1.54, 1.807) is 29.6 Å². The normalized spacial score (nSPS) is 10.6. The van der Waals surface area contributed by atoms with Crippen LogP contribution in [0.15, 0.2) is 54.6 Å². The smallest absolute Gasteiger partial charge is 0.260 e. The van der Waals surface area contributed by atoms with Gasteiger partial charge in [-0.25, -0.2) is 4.68 Å². The molecule has 0 fully saturated rings. The first-order valence-electron chi connectivity index (χ1n) is 9.24. The average molecular weight is 411 g/mol. The second-order valence-electron chi connectivity index (χ2n) is 6.92. The highest BCUT2D eigenvalue weighted by molar-refractivity contribution is 6.33. The highest BCUT2D eigenvalue weighted by atomic mass is 35.5. The molecule has 0 saturated carbocycles. The SMILES string of the molecule is CC(=O)N(C)Cc1cccc(NC(=O)c2c(C)nn(Cc3ccccc3)c2Cl)c1. The zero-order chi connectivity index (χ0) is 21.0. The second-order valence-corrected chi connectivity index (χ2v) is 7.28. The molecule has 0 spiro atoms. The van der Waals surface area contributed by atoms with Gasteiger partial charge >= 0.3 is 0 Å². The standard InChI is InChI=1S/C22H23ClN4O2/c1-15-20(21(23)27(25-15)14-17-8-5-4-6-9-17)22(29)24-19-11-7-10-18(12-19)13-26(3)16(2)28/h4-12H,13-14H2,1-3H3,(H,24,29). The van der Waals surface area contributed by atoms with Crippen LogP contribution < -0.4 is 5.32 Å². The molecule has 150 valence electrons. The van der Waals surface area contributed by atoms with Crippen LogP contribution in [0.1, 0.15) is 34.1 Å². The first kappa shape index (κ1) is 20.6. The van der Waals surface area contributed by atoms with Gasteiger partial charge in [-0.15, -0.1) is 0 Å². The summed E-state index contributed by atoms with van der Waals surface area (Å²) in [6, 6.07) is 17.2. The van der Waals surface area contributed by atoms with Gasteiger partial charge in [0.15, 0.2) is 0 Å². The number of anilines is 1. The van der Waals surface area contributed by atoms with E-state index in [0.29, 0.717) is 35.2 Å².